The number of methoxy groups -OCH3 is 1. The Kier molecular flexibility index (Phi) is 5.26. The minimum atomic E-state index is -0.466. The van der Waals surface area contributed by atoms with E-state index in [9.17, 15) is 4.79 Å². The molecule has 1 fully saturated rings. The lowest BCUT2D eigenvalue weighted by Crippen LogP contribution is -2.29. The number of rotatable bonds is 4. The molecule has 0 unspecified atom stereocenters. The summed E-state index contributed by atoms with van der Waals surface area (Å²) >= 11 is 0. The van der Waals surface area contributed by atoms with Gasteiger partial charge in [0.05, 0.1) is 7.11 Å². The summed E-state index contributed by atoms with van der Waals surface area (Å²) in [5.41, 5.74) is 0.870. The maximum absolute atomic E-state index is 12.0. The largest absolute Gasteiger partial charge is 0.497 e. The number of nitrogens with zero attached hydrogens (tertiary/aromatic N) is 1. The van der Waals surface area contributed by atoms with Crippen LogP contribution in [0.1, 0.15) is 41.0 Å². The van der Waals surface area contributed by atoms with Gasteiger partial charge in [0.1, 0.15) is 11.4 Å². The molecule has 0 spiro atoms. The Morgan fingerprint density at radius 3 is 2.42 bits per heavy atom. The van der Waals surface area contributed by atoms with Crippen molar-refractivity contribution in [3.63, 3.8) is 0 Å². The molecule has 1 saturated heterocycles. The Bertz CT molecular complexity index is 596. The normalized spacial score (nSPS) is 20.4. The second-order valence-corrected chi connectivity index (χ2v) is 8.15. The van der Waals surface area contributed by atoms with Crippen molar-refractivity contribution in [3.8, 4) is 5.75 Å². The van der Waals surface area contributed by atoms with Crippen LogP contribution >= 0.6 is 0 Å². The van der Waals surface area contributed by atoms with Crippen LogP contribution in [-0.2, 0) is 9.53 Å². The summed E-state index contributed by atoms with van der Waals surface area (Å²) in [5.74, 6) is 0.556. The fourth-order valence-corrected chi connectivity index (χ4v) is 3.07. The molecule has 2 rings (SSSR count). The van der Waals surface area contributed by atoms with Gasteiger partial charge in [0.2, 0.25) is 0 Å². The molecule has 1 aromatic rings. The van der Waals surface area contributed by atoms with Crippen LogP contribution in [-0.4, -0.2) is 31.3 Å². The summed E-state index contributed by atoms with van der Waals surface area (Å²) in [7, 11) is 1.67. The Balaban J connectivity index is 2.14. The lowest BCUT2D eigenvalue weighted by Gasteiger charge is -2.25. The van der Waals surface area contributed by atoms with Crippen LogP contribution < -0.4 is 9.64 Å². The molecule has 0 saturated carbocycles. The minimum Gasteiger partial charge on any atom is -0.497 e. The van der Waals surface area contributed by atoms with Crippen LogP contribution in [0.25, 0.3) is 0 Å². The summed E-state index contributed by atoms with van der Waals surface area (Å²) in [5, 5.41) is 0. The third kappa shape index (κ3) is 5.02. The van der Waals surface area contributed by atoms with E-state index in [4.69, 9.17) is 9.47 Å². The molecule has 1 heterocycles. The van der Waals surface area contributed by atoms with Crippen LogP contribution in [0.2, 0.25) is 0 Å². The molecule has 4 nitrogen and oxygen atoms in total. The van der Waals surface area contributed by atoms with Gasteiger partial charge in [-0.15, -0.1) is 0 Å². The zero-order valence-corrected chi connectivity index (χ0v) is 15.6. The van der Waals surface area contributed by atoms with E-state index < -0.39 is 5.60 Å². The Hall–Kier alpha value is -1.97. The highest BCUT2D eigenvalue weighted by molar-refractivity contribution is 5.82. The summed E-state index contributed by atoms with van der Waals surface area (Å²) in [4.78, 5) is 14.3. The molecular formula is C20H29NO3. The Morgan fingerprint density at radius 1 is 1.25 bits per heavy atom. The third-order valence-electron chi connectivity index (χ3n) is 4.03. The highest BCUT2D eigenvalue weighted by atomic mass is 16.6. The zero-order valence-electron chi connectivity index (χ0n) is 15.6. The highest BCUT2D eigenvalue weighted by Gasteiger charge is 2.36. The van der Waals surface area contributed by atoms with Gasteiger partial charge in [-0.3, -0.25) is 0 Å². The first-order valence-corrected chi connectivity index (χ1v) is 8.41. The van der Waals surface area contributed by atoms with Crippen molar-refractivity contribution in [1.82, 2.24) is 0 Å². The average molecular weight is 331 g/mol. The fourth-order valence-electron chi connectivity index (χ4n) is 3.07. The lowest BCUT2D eigenvalue weighted by atomic mass is 9.90. The van der Waals surface area contributed by atoms with Crippen molar-refractivity contribution >= 4 is 11.7 Å². The highest BCUT2D eigenvalue weighted by Crippen LogP contribution is 2.38. The number of ether oxygens (including phenoxy) is 2. The van der Waals surface area contributed by atoms with Gasteiger partial charge in [0, 0.05) is 24.4 Å². The second kappa shape index (κ2) is 6.88. The van der Waals surface area contributed by atoms with Gasteiger partial charge in [0.15, 0.2) is 0 Å². The molecule has 1 aromatic carbocycles. The molecule has 0 N–H and O–H groups in total. The Labute approximate surface area is 145 Å². The van der Waals surface area contributed by atoms with Crippen molar-refractivity contribution in [2.75, 3.05) is 18.6 Å². The van der Waals surface area contributed by atoms with Gasteiger partial charge in [-0.05, 0) is 56.9 Å². The minimum absolute atomic E-state index is 0.181. The molecule has 1 atom stereocenters. The van der Waals surface area contributed by atoms with Gasteiger partial charge in [-0.25, -0.2) is 4.79 Å². The van der Waals surface area contributed by atoms with Crippen molar-refractivity contribution in [3.05, 3.63) is 36.4 Å². The number of anilines is 1. The SMILES string of the molecule is COc1ccc(N2CC(C)(C)C[C@H]2/C=C/C(=O)OC(C)(C)C)cc1. The first-order chi connectivity index (χ1) is 11.1. The van der Waals surface area contributed by atoms with E-state index in [0.717, 1.165) is 24.4 Å². The Morgan fingerprint density at radius 2 is 1.88 bits per heavy atom. The average Bonchev–Trinajstić information content (AvgIpc) is 2.78. The van der Waals surface area contributed by atoms with Gasteiger partial charge in [-0.1, -0.05) is 19.9 Å². The molecule has 0 amide bonds. The van der Waals surface area contributed by atoms with E-state index in [-0.39, 0.29) is 17.4 Å². The first kappa shape index (κ1) is 18.4. The van der Waals surface area contributed by atoms with Crippen LogP contribution in [0.3, 0.4) is 0 Å². The monoisotopic (exact) mass is 331 g/mol. The number of carbonyl (C=O) groups excluding carboxylic acids is 1. The van der Waals surface area contributed by atoms with Crippen molar-refractivity contribution in [2.24, 2.45) is 5.41 Å². The number of carbonyl (C=O) groups is 1. The van der Waals surface area contributed by atoms with E-state index in [1.54, 1.807) is 13.2 Å². The predicted molar refractivity (Wildman–Crippen MR) is 97.5 cm³/mol. The van der Waals surface area contributed by atoms with E-state index in [1.165, 1.54) is 0 Å². The van der Waals surface area contributed by atoms with Gasteiger partial charge in [0.25, 0.3) is 0 Å². The molecule has 1 aliphatic rings. The fraction of sp³-hybridized carbons (Fsp3) is 0.550. The lowest BCUT2D eigenvalue weighted by molar-refractivity contribution is -0.148. The van der Waals surface area contributed by atoms with Crippen LogP contribution in [0.5, 0.6) is 5.75 Å². The van der Waals surface area contributed by atoms with E-state index in [0.29, 0.717) is 0 Å². The smallest absolute Gasteiger partial charge is 0.331 e. The molecule has 0 radical (unpaired) electrons. The van der Waals surface area contributed by atoms with Crippen LogP contribution in [0.15, 0.2) is 36.4 Å². The molecule has 132 valence electrons. The quantitative estimate of drug-likeness (QED) is 0.612. The molecule has 0 aromatic heterocycles. The number of esters is 1. The number of hydrogen-bond acceptors (Lipinski definition) is 4. The predicted octanol–water partition coefficient (Wildman–Crippen LogP) is 4.20. The van der Waals surface area contributed by atoms with Gasteiger partial charge >= 0.3 is 5.97 Å². The van der Waals surface area contributed by atoms with Crippen molar-refractivity contribution in [1.29, 1.82) is 0 Å². The topological polar surface area (TPSA) is 38.8 Å². The molecule has 24 heavy (non-hydrogen) atoms. The number of benzene rings is 1. The standard InChI is InChI=1S/C20H29NO3/c1-19(2,3)24-18(22)12-9-16-13-20(4,5)14-21(16)15-7-10-17(23-6)11-8-15/h7-12,16H,13-14H2,1-6H3/b12-9+/t16-/m1/s1. The summed E-state index contributed by atoms with van der Waals surface area (Å²) in [6.07, 6.45) is 4.53. The van der Waals surface area contributed by atoms with Crippen LogP contribution in [0.4, 0.5) is 5.69 Å². The molecule has 0 aliphatic carbocycles. The molecule has 0 bridgehead atoms. The molecule has 4 heteroatoms. The van der Waals surface area contributed by atoms with Crippen LogP contribution in [0, 0.1) is 5.41 Å². The van der Waals surface area contributed by atoms with Gasteiger partial charge < -0.3 is 14.4 Å². The third-order valence-corrected chi connectivity index (χ3v) is 4.03. The number of hydrogen-bond donors (Lipinski definition) is 0. The summed E-state index contributed by atoms with van der Waals surface area (Å²) in [6.45, 7) is 11.1. The van der Waals surface area contributed by atoms with Gasteiger partial charge in [-0.2, -0.15) is 0 Å². The van der Waals surface area contributed by atoms with Crippen molar-refractivity contribution < 1.29 is 14.3 Å². The first-order valence-electron chi connectivity index (χ1n) is 8.41. The maximum atomic E-state index is 12.0. The zero-order chi connectivity index (χ0) is 18.0. The molecular weight excluding hydrogens is 302 g/mol. The second-order valence-electron chi connectivity index (χ2n) is 8.15. The van der Waals surface area contributed by atoms with E-state index in [1.807, 2.05) is 39.0 Å². The van der Waals surface area contributed by atoms with E-state index in [2.05, 4.69) is 30.9 Å². The van der Waals surface area contributed by atoms with Crippen molar-refractivity contribution in [2.45, 2.75) is 52.7 Å². The summed E-state index contributed by atoms with van der Waals surface area (Å²) in [6, 6.07) is 8.24. The summed E-state index contributed by atoms with van der Waals surface area (Å²) < 4.78 is 10.6. The molecule has 1 aliphatic heterocycles. The maximum Gasteiger partial charge on any atom is 0.331 e. The van der Waals surface area contributed by atoms with E-state index >= 15 is 0 Å².